The predicted octanol–water partition coefficient (Wildman–Crippen LogP) is 3.76. The Morgan fingerprint density at radius 2 is 2.07 bits per heavy atom. The van der Waals surface area contributed by atoms with Crippen molar-refractivity contribution in [3.8, 4) is 5.75 Å². The first-order chi connectivity index (χ1) is 12.5. The predicted molar refractivity (Wildman–Crippen MR) is 126 cm³/mol. The van der Waals surface area contributed by atoms with Crippen molar-refractivity contribution < 1.29 is 8.95 Å². The summed E-state index contributed by atoms with van der Waals surface area (Å²) in [5.74, 6) is 2.45. The molecule has 3 atom stereocenters. The van der Waals surface area contributed by atoms with Crippen LogP contribution in [-0.2, 0) is 17.3 Å². The van der Waals surface area contributed by atoms with E-state index in [-0.39, 0.29) is 24.0 Å². The van der Waals surface area contributed by atoms with Crippen LogP contribution < -0.4 is 15.4 Å². The van der Waals surface area contributed by atoms with Gasteiger partial charge in [0.1, 0.15) is 5.75 Å². The Hall–Kier alpha value is -0.830. The number of benzene rings is 1. The van der Waals surface area contributed by atoms with Crippen LogP contribution >= 0.6 is 24.0 Å². The molecular formula is C20H34IN3O2S. The SMILES string of the molecule is CCNC(=NCc1cc(C)cc(OC)c1)NC1CCCC(S(=O)CC)C1.I. The summed E-state index contributed by atoms with van der Waals surface area (Å²) in [6.45, 7) is 7.57. The summed E-state index contributed by atoms with van der Waals surface area (Å²) in [6, 6.07) is 6.53. The molecule has 5 nitrogen and oxygen atoms in total. The topological polar surface area (TPSA) is 62.7 Å². The van der Waals surface area contributed by atoms with Gasteiger partial charge in [-0.05, 0) is 56.4 Å². The second-order valence-corrected chi connectivity index (χ2v) is 8.86. The lowest BCUT2D eigenvalue weighted by atomic mass is 9.95. The van der Waals surface area contributed by atoms with Gasteiger partial charge in [-0.2, -0.15) is 0 Å². The number of aliphatic imine (C=N–C) groups is 1. The molecule has 1 aromatic carbocycles. The first kappa shape index (κ1) is 24.2. The first-order valence-corrected chi connectivity index (χ1v) is 11.0. The van der Waals surface area contributed by atoms with E-state index in [1.54, 1.807) is 7.11 Å². The molecule has 0 spiro atoms. The average Bonchev–Trinajstić information content (AvgIpc) is 2.65. The van der Waals surface area contributed by atoms with Crippen LogP contribution in [0, 0.1) is 6.92 Å². The van der Waals surface area contributed by atoms with Crippen molar-refractivity contribution in [2.24, 2.45) is 4.99 Å². The monoisotopic (exact) mass is 507 g/mol. The molecule has 0 bridgehead atoms. The lowest BCUT2D eigenvalue weighted by molar-refractivity contribution is 0.413. The van der Waals surface area contributed by atoms with E-state index in [1.807, 2.05) is 19.1 Å². The van der Waals surface area contributed by atoms with Gasteiger partial charge in [-0.1, -0.05) is 19.4 Å². The van der Waals surface area contributed by atoms with Crippen molar-refractivity contribution in [2.45, 2.75) is 64.3 Å². The van der Waals surface area contributed by atoms with Crippen molar-refractivity contribution in [1.82, 2.24) is 10.6 Å². The first-order valence-electron chi connectivity index (χ1n) is 9.62. The quantitative estimate of drug-likeness (QED) is 0.335. The van der Waals surface area contributed by atoms with E-state index in [2.05, 4.69) is 30.5 Å². The van der Waals surface area contributed by atoms with Gasteiger partial charge in [0, 0.05) is 34.4 Å². The van der Waals surface area contributed by atoms with Gasteiger partial charge in [-0.3, -0.25) is 4.21 Å². The Labute approximate surface area is 183 Å². The van der Waals surface area contributed by atoms with Gasteiger partial charge in [0.2, 0.25) is 0 Å². The van der Waals surface area contributed by atoms with E-state index in [0.717, 1.165) is 55.3 Å². The fourth-order valence-electron chi connectivity index (χ4n) is 3.47. The van der Waals surface area contributed by atoms with Crippen LogP contribution in [0.3, 0.4) is 0 Å². The summed E-state index contributed by atoms with van der Waals surface area (Å²) in [7, 11) is 0.981. The molecule has 1 aliphatic carbocycles. The molecule has 7 heteroatoms. The summed E-state index contributed by atoms with van der Waals surface area (Å²) in [6.07, 6.45) is 4.28. The summed E-state index contributed by atoms with van der Waals surface area (Å²) < 4.78 is 17.5. The Morgan fingerprint density at radius 3 is 2.74 bits per heavy atom. The highest BCUT2D eigenvalue weighted by Crippen LogP contribution is 2.23. The number of hydrogen-bond acceptors (Lipinski definition) is 3. The van der Waals surface area contributed by atoms with Gasteiger partial charge in [0.15, 0.2) is 5.96 Å². The van der Waals surface area contributed by atoms with Gasteiger partial charge in [0.25, 0.3) is 0 Å². The largest absolute Gasteiger partial charge is 0.497 e. The minimum absolute atomic E-state index is 0. The summed E-state index contributed by atoms with van der Waals surface area (Å²) in [5.41, 5.74) is 2.30. The third kappa shape index (κ3) is 7.97. The van der Waals surface area contributed by atoms with Crippen molar-refractivity contribution in [3.05, 3.63) is 29.3 Å². The standard InChI is InChI=1S/C20H33N3O2S.HI/c1-5-21-20(22-14-16-10-15(3)11-18(12-16)25-4)23-17-8-7-9-19(13-17)26(24)6-2;/h10-12,17,19H,5-9,13-14H2,1-4H3,(H2,21,22,23);1H. The molecule has 3 unspecified atom stereocenters. The molecule has 1 aliphatic rings. The zero-order chi connectivity index (χ0) is 18.9. The van der Waals surface area contributed by atoms with Crippen LogP contribution in [0.1, 0.15) is 50.7 Å². The molecule has 154 valence electrons. The molecule has 1 aromatic rings. The number of nitrogens with zero attached hydrogens (tertiary/aromatic N) is 1. The molecule has 0 aromatic heterocycles. The van der Waals surface area contributed by atoms with Crippen LogP contribution in [0.25, 0.3) is 0 Å². The molecule has 0 heterocycles. The van der Waals surface area contributed by atoms with E-state index >= 15 is 0 Å². The summed E-state index contributed by atoms with van der Waals surface area (Å²) in [5, 5.41) is 7.20. The minimum Gasteiger partial charge on any atom is -0.497 e. The lowest BCUT2D eigenvalue weighted by Crippen LogP contribution is -2.46. The maximum absolute atomic E-state index is 12.2. The van der Waals surface area contributed by atoms with Gasteiger partial charge in [0.05, 0.1) is 13.7 Å². The fraction of sp³-hybridized carbons (Fsp3) is 0.650. The molecule has 0 amide bonds. The lowest BCUT2D eigenvalue weighted by Gasteiger charge is -2.30. The normalized spacial score (nSPS) is 21.1. The van der Waals surface area contributed by atoms with Crippen molar-refractivity contribution in [1.29, 1.82) is 0 Å². The van der Waals surface area contributed by atoms with E-state index in [1.165, 1.54) is 5.56 Å². The van der Waals surface area contributed by atoms with Crippen LogP contribution in [0.5, 0.6) is 5.75 Å². The number of rotatable bonds is 7. The fourth-order valence-corrected chi connectivity index (χ4v) is 4.82. The Bertz CT molecular complexity index is 640. The second kappa shape index (κ2) is 12.6. The number of methoxy groups -OCH3 is 1. The number of halogens is 1. The average molecular weight is 507 g/mol. The molecule has 2 rings (SSSR count). The van der Waals surface area contributed by atoms with Crippen LogP contribution in [0.15, 0.2) is 23.2 Å². The molecule has 0 radical (unpaired) electrons. The maximum atomic E-state index is 12.2. The molecule has 1 saturated carbocycles. The van der Waals surface area contributed by atoms with E-state index in [4.69, 9.17) is 9.73 Å². The Balaban J connectivity index is 0.00000364. The number of hydrogen-bond donors (Lipinski definition) is 2. The Kier molecular flexibility index (Phi) is 11.3. The highest BCUT2D eigenvalue weighted by atomic mass is 127. The van der Waals surface area contributed by atoms with Gasteiger partial charge in [-0.15, -0.1) is 24.0 Å². The smallest absolute Gasteiger partial charge is 0.191 e. The van der Waals surface area contributed by atoms with Crippen molar-refractivity contribution in [3.63, 3.8) is 0 Å². The van der Waals surface area contributed by atoms with Crippen molar-refractivity contribution in [2.75, 3.05) is 19.4 Å². The second-order valence-electron chi connectivity index (χ2n) is 6.85. The number of ether oxygens (including phenoxy) is 1. The van der Waals surface area contributed by atoms with Crippen LogP contribution in [0.4, 0.5) is 0 Å². The van der Waals surface area contributed by atoms with Crippen molar-refractivity contribution >= 4 is 40.7 Å². The summed E-state index contributed by atoms with van der Waals surface area (Å²) in [4.78, 5) is 4.75. The maximum Gasteiger partial charge on any atom is 0.191 e. The minimum atomic E-state index is -0.707. The number of aryl methyl sites for hydroxylation is 1. The molecule has 0 saturated heterocycles. The highest BCUT2D eigenvalue weighted by Gasteiger charge is 2.26. The summed E-state index contributed by atoms with van der Waals surface area (Å²) >= 11 is 0. The number of guanidine groups is 1. The third-order valence-corrected chi connectivity index (χ3v) is 6.47. The molecular weight excluding hydrogens is 473 g/mol. The van der Waals surface area contributed by atoms with E-state index < -0.39 is 10.8 Å². The molecule has 27 heavy (non-hydrogen) atoms. The van der Waals surface area contributed by atoms with Gasteiger partial charge >= 0.3 is 0 Å². The molecule has 0 aliphatic heterocycles. The van der Waals surface area contributed by atoms with Gasteiger partial charge in [-0.25, -0.2) is 4.99 Å². The third-order valence-electron chi connectivity index (χ3n) is 4.73. The van der Waals surface area contributed by atoms with E-state index in [9.17, 15) is 4.21 Å². The van der Waals surface area contributed by atoms with E-state index in [0.29, 0.717) is 17.8 Å². The van der Waals surface area contributed by atoms with Crippen LogP contribution in [-0.4, -0.2) is 40.9 Å². The highest BCUT2D eigenvalue weighted by molar-refractivity contribution is 14.0. The van der Waals surface area contributed by atoms with Gasteiger partial charge < -0.3 is 15.4 Å². The van der Waals surface area contributed by atoms with Crippen LogP contribution in [0.2, 0.25) is 0 Å². The zero-order valence-electron chi connectivity index (χ0n) is 16.9. The molecule has 2 N–H and O–H groups in total. The number of nitrogens with one attached hydrogen (secondary N) is 2. The molecule has 1 fully saturated rings. The Morgan fingerprint density at radius 1 is 1.30 bits per heavy atom. The zero-order valence-corrected chi connectivity index (χ0v) is 20.1.